The Hall–Kier alpha value is -6.87. The van der Waals surface area contributed by atoms with Crippen LogP contribution in [0.25, 0.3) is 5.57 Å². The van der Waals surface area contributed by atoms with Crippen LogP contribution in [0.4, 0.5) is 5.69 Å². The maximum Gasteiger partial charge on any atom is 0.238 e. The minimum Gasteiger partial charge on any atom is -0.508 e. The Kier molecular flexibility index (Phi) is 9.03. The zero-order valence-corrected chi connectivity index (χ0v) is 31.8. The molecule has 1 heterocycles. The molecule has 1 saturated heterocycles. The quantitative estimate of drug-likeness (QED) is 0.0969. The van der Waals surface area contributed by atoms with Gasteiger partial charge in [0.2, 0.25) is 11.8 Å². The summed E-state index contributed by atoms with van der Waals surface area (Å²) in [5.41, 5.74) is 2.46. The van der Waals surface area contributed by atoms with Gasteiger partial charge in [-0.25, -0.2) is 0 Å². The number of aromatic hydroxyl groups is 1. The van der Waals surface area contributed by atoms with Crippen LogP contribution in [-0.4, -0.2) is 48.5 Å². The lowest BCUT2D eigenvalue weighted by Gasteiger charge is -2.55. The van der Waals surface area contributed by atoms with Crippen molar-refractivity contribution < 1.29 is 38.6 Å². The summed E-state index contributed by atoms with van der Waals surface area (Å²) in [5, 5.41) is 10.8. The van der Waals surface area contributed by atoms with Gasteiger partial charge in [-0.2, -0.15) is 0 Å². The molecule has 6 unspecified atom stereocenters. The van der Waals surface area contributed by atoms with Crippen molar-refractivity contribution in [3.63, 3.8) is 0 Å². The molecule has 1 aliphatic heterocycles. The molecule has 6 atom stereocenters. The minimum absolute atomic E-state index is 0.117. The van der Waals surface area contributed by atoms with Crippen LogP contribution in [0.5, 0.6) is 17.2 Å². The van der Waals surface area contributed by atoms with E-state index in [-0.39, 0.29) is 58.9 Å². The molecule has 9 nitrogen and oxygen atoms in total. The lowest BCUT2D eigenvalue weighted by Crippen LogP contribution is -2.59. The number of carbonyl (C=O) groups excluding carboxylic acids is 5. The molecule has 9 rings (SSSR count). The van der Waals surface area contributed by atoms with Crippen LogP contribution in [-0.2, 0) is 24.6 Å². The van der Waals surface area contributed by atoms with E-state index >= 15 is 9.59 Å². The van der Waals surface area contributed by atoms with Gasteiger partial charge in [-0.1, -0.05) is 103 Å². The van der Waals surface area contributed by atoms with Gasteiger partial charge in [-0.3, -0.25) is 28.9 Å². The van der Waals surface area contributed by atoms with Crippen LogP contribution in [0.2, 0.25) is 0 Å². The number of ketones is 3. The van der Waals surface area contributed by atoms with E-state index in [2.05, 4.69) is 0 Å². The number of phenols is 1. The van der Waals surface area contributed by atoms with E-state index in [9.17, 15) is 19.5 Å². The molecule has 9 heteroatoms. The Morgan fingerprint density at radius 1 is 0.724 bits per heavy atom. The maximum absolute atomic E-state index is 15.4. The van der Waals surface area contributed by atoms with Gasteiger partial charge in [-0.15, -0.1) is 0 Å². The van der Waals surface area contributed by atoms with Crippen molar-refractivity contribution >= 4 is 40.4 Å². The number of hydrogen-bond acceptors (Lipinski definition) is 8. The first-order valence-corrected chi connectivity index (χ1v) is 19.3. The SMILES string of the molecule is COc1cc(O)cc(OC)c1C1C2=CCC3C(=O)N(c4ccc(C(=O)c5ccccc5)cc4)C(=O)C3C2CC2C(=O)C(c3ccccc3)=CC(=O)C21c1ccccc1. The highest BCUT2D eigenvalue weighted by Gasteiger charge is 2.66. The Morgan fingerprint density at radius 3 is 1.93 bits per heavy atom. The van der Waals surface area contributed by atoms with Crippen LogP contribution in [0.15, 0.2) is 145 Å². The van der Waals surface area contributed by atoms with E-state index in [0.29, 0.717) is 33.5 Å². The summed E-state index contributed by atoms with van der Waals surface area (Å²) in [7, 11) is 2.93. The first-order chi connectivity index (χ1) is 28.2. The van der Waals surface area contributed by atoms with E-state index in [0.717, 1.165) is 5.57 Å². The first kappa shape index (κ1) is 36.7. The summed E-state index contributed by atoms with van der Waals surface area (Å²) in [6.07, 6.45) is 3.75. The van der Waals surface area contributed by atoms with Gasteiger partial charge in [0.05, 0.1) is 37.2 Å². The lowest BCUT2D eigenvalue weighted by molar-refractivity contribution is -0.135. The molecule has 1 saturated carbocycles. The highest BCUT2D eigenvalue weighted by Crippen LogP contribution is 2.65. The summed E-state index contributed by atoms with van der Waals surface area (Å²) in [4.78, 5) is 74.4. The molecule has 2 fully saturated rings. The number of rotatable bonds is 8. The number of imide groups is 1. The van der Waals surface area contributed by atoms with Gasteiger partial charge >= 0.3 is 0 Å². The van der Waals surface area contributed by atoms with Gasteiger partial charge in [-0.05, 0) is 60.2 Å². The summed E-state index contributed by atoms with van der Waals surface area (Å²) >= 11 is 0. The number of hydrogen-bond donors (Lipinski definition) is 1. The molecule has 0 radical (unpaired) electrons. The number of carbonyl (C=O) groups is 5. The van der Waals surface area contributed by atoms with E-state index in [1.165, 1.54) is 37.3 Å². The second-order valence-corrected chi connectivity index (χ2v) is 15.3. The van der Waals surface area contributed by atoms with Gasteiger partial charge in [0.25, 0.3) is 0 Å². The summed E-state index contributed by atoms with van der Waals surface area (Å²) in [6.45, 7) is 0. The largest absolute Gasteiger partial charge is 0.508 e. The number of benzene rings is 5. The predicted molar refractivity (Wildman–Crippen MR) is 217 cm³/mol. The molecule has 0 spiro atoms. The molecule has 288 valence electrons. The number of Topliss-reactive ketones (excluding diaryl/α,β-unsaturated/α-hetero) is 1. The summed E-state index contributed by atoms with van der Waals surface area (Å²) in [5.74, 6) is -5.19. The molecule has 58 heavy (non-hydrogen) atoms. The fourth-order valence-corrected chi connectivity index (χ4v) is 10.2. The van der Waals surface area contributed by atoms with Crippen molar-refractivity contribution in [2.75, 3.05) is 19.1 Å². The van der Waals surface area contributed by atoms with Crippen LogP contribution in [0.3, 0.4) is 0 Å². The fraction of sp³-hybridized carbons (Fsp3) is 0.204. The van der Waals surface area contributed by atoms with Crippen molar-refractivity contribution in [3.8, 4) is 17.2 Å². The molecule has 4 aliphatic rings. The predicted octanol–water partition coefficient (Wildman–Crippen LogP) is 7.67. The fourth-order valence-electron chi connectivity index (χ4n) is 10.2. The molecule has 2 amide bonds. The van der Waals surface area contributed by atoms with Crippen molar-refractivity contribution in [1.82, 2.24) is 0 Å². The third kappa shape index (κ3) is 5.48. The highest BCUT2D eigenvalue weighted by atomic mass is 16.5. The molecule has 3 aliphatic carbocycles. The number of anilines is 1. The van der Waals surface area contributed by atoms with Crippen LogP contribution >= 0.6 is 0 Å². The number of fused-ring (bicyclic) bond motifs is 4. The standard InChI is InChI=1S/C49H39NO8/c1-57-39-24-33(51)25-40(58-2)43(39)44-34-22-23-35-42(48(56)50(47(35)55)32-20-18-30(19-21-32)45(53)29-14-8-4-9-15-29)37(34)26-38-46(54)36(28-12-6-3-7-13-28)27-41(52)49(38,44)31-16-10-5-11-17-31/h3-22,24-25,27,35,37-38,42,44,51H,23,26H2,1-2H3. The van der Waals surface area contributed by atoms with Crippen molar-refractivity contribution in [3.05, 3.63) is 173 Å². The molecular weight excluding hydrogens is 731 g/mol. The number of ether oxygens (including phenoxy) is 2. The van der Waals surface area contributed by atoms with E-state index < -0.39 is 40.9 Å². The minimum atomic E-state index is -1.52. The third-order valence-electron chi connectivity index (χ3n) is 12.6. The van der Waals surface area contributed by atoms with Gasteiger partial charge < -0.3 is 14.6 Å². The monoisotopic (exact) mass is 769 g/mol. The Labute approximate surface area is 335 Å². The molecular formula is C49H39NO8. The van der Waals surface area contributed by atoms with Crippen molar-refractivity contribution in [2.24, 2.45) is 23.7 Å². The summed E-state index contributed by atoms with van der Waals surface area (Å²) < 4.78 is 11.9. The smallest absolute Gasteiger partial charge is 0.238 e. The van der Waals surface area contributed by atoms with Gasteiger partial charge in [0, 0.05) is 46.2 Å². The second-order valence-electron chi connectivity index (χ2n) is 15.3. The maximum atomic E-state index is 15.4. The number of amides is 2. The Bertz CT molecular complexity index is 2540. The van der Waals surface area contributed by atoms with Gasteiger partial charge in [0.15, 0.2) is 17.3 Å². The zero-order chi connectivity index (χ0) is 40.3. The van der Waals surface area contributed by atoms with Crippen LogP contribution in [0, 0.1) is 23.7 Å². The van der Waals surface area contributed by atoms with E-state index in [1.807, 2.05) is 60.7 Å². The van der Waals surface area contributed by atoms with Crippen molar-refractivity contribution in [1.29, 1.82) is 0 Å². The Morgan fingerprint density at radius 2 is 1.31 bits per heavy atom. The molecule has 0 bridgehead atoms. The average Bonchev–Trinajstić information content (AvgIpc) is 3.53. The van der Waals surface area contributed by atoms with Crippen LogP contribution < -0.4 is 14.4 Å². The molecule has 5 aromatic carbocycles. The van der Waals surface area contributed by atoms with Crippen LogP contribution in [0.1, 0.15) is 51.4 Å². The third-order valence-corrected chi connectivity index (χ3v) is 12.6. The zero-order valence-electron chi connectivity index (χ0n) is 31.8. The van der Waals surface area contributed by atoms with Crippen molar-refractivity contribution in [2.45, 2.75) is 24.2 Å². The topological polar surface area (TPSA) is 127 Å². The molecule has 0 aromatic heterocycles. The normalized spacial score (nSPS) is 24.9. The lowest BCUT2D eigenvalue weighted by atomic mass is 9.44. The number of phenolic OH excluding ortho intramolecular Hbond substituents is 1. The van der Waals surface area contributed by atoms with E-state index in [4.69, 9.17) is 9.47 Å². The molecule has 1 N–H and O–H groups in total. The summed E-state index contributed by atoms with van der Waals surface area (Å²) in [6, 6.07) is 36.6. The van der Waals surface area contributed by atoms with Gasteiger partial charge in [0.1, 0.15) is 17.2 Å². The molecule has 5 aromatic rings. The highest BCUT2D eigenvalue weighted by molar-refractivity contribution is 6.32. The number of allylic oxidation sites excluding steroid dienone is 4. The average molecular weight is 770 g/mol. The van der Waals surface area contributed by atoms with E-state index in [1.54, 1.807) is 60.7 Å². The second kappa shape index (κ2) is 14.3. The number of methoxy groups -OCH3 is 2. The Balaban J connectivity index is 1.21. The first-order valence-electron chi connectivity index (χ1n) is 19.3. The number of nitrogens with zero attached hydrogens (tertiary/aromatic N) is 1.